The van der Waals surface area contributed by atoms with Gasteiger partial charge in [0, 0.05) is 17.5 Å². The summed E-state index contributed by atoms with van der Waals surface area (Å²) in [6.45, 7) is 3.03. The zero-order valence-electron chi connectivity index (χ0n) is 23.5. The van der Waals surface area contributed by atoms with Gasteiger partial charge in [0.15, 0.2) is 0 Å². The number of carbonyl (C=O) groups excluding carboxylic acids is 2. The summed E-state index contributed by atoms with van der Waals surface area (Å²) >= 11 is 1.50. The highest BCUT2D eigenvalue weighted by Crippen LogP contribution is 2.27. The van der Waals surface area contributed by atoms with Gasteiger partial charge < -0.3 is 10.2 Å². The molecule has 1 aliphatic carbocycles. The average molecular weight is 598 g/mol. The molecule has 1 N–H and O–H groups in total. The van der Waals surface area contributed by atoms with Crippen LogP contribution in [0.2, 0.25) is 0 Å². The van der Waals surface area contributed by atoms with Crippen LogP contribution >= 0.6 is 11.8 Å². The maximum atomic E-state index is 14.0. The third-order valence-corrected chi connectivity index (χ3v) is 9.91. The molecule has 10 heteroatoms. The van der Waals surface area contributed by atoms with Gasteiger partial charge in [0.1, 0.15) is 18.4 Å². The van der Waals surface area contributed by atoms with Crippen molar-refractivity contribution in [1.82, 2.24) is 10.2 Å². The van der Waals surface area contributed by atoms with E-state index >= 15 is 0 Å². The molecule has 3 aromatic carbocycles. The van der Waals surface area contributed by atoms with Crippen molar-refractivity contribution in [3.05, 3.63) is 89.7 Å². The molecule has 1 fully saturated rings. The third-order valence-electron chi connectivity index (χ3n) is 7.38. The molecule has 0 radical (unpaired) electrons. The number of nitrogens with zero attached hydrogens (tertiary/aromatic N) is 2. The molecule has 218 valence electrons. The fraction of sp³-hybridized carbons (Fsp3) is 0.355. The van der Waals surface area contributed by atoms with Crippen LogP contribution < -0.4 is 9.62 Å². The first kappa shape index (κ1) is 30.6. The number of aryl methyl sites for hydroxylation is 1. The lowest BCUT2D eigenvalue weighted by molar-refractivity contribution is -0.139. The predicted molar refractivity (Wildman–Crippen MR) is 161 cm³/mol. The van der Waals surface area contributed by atoms with E-state index in [1.165, 1.54) is 40.9 Å². The summed E-state index contributed by atoms with van der Waals surface area (Å²) in [7, 11) is -4.14. The second-order valence-corrected chi connectivity index (χ2v) is 13.1. The van der Waals surface area contributed by atoms with Crippen LogP contribution in [0.4, 0.5) is 10.1 Å². The smallest absolute Gasteiger partial charge is 0.264 e. The van der Waals surface area contributed by atoms with Crippen LogP contribution in [0.1, 0.15) is 43.7 Å². The van der Waals surface area contributed by atoms with Crippen LogP contribution in [0, 0.1) is 12.7 Å². The lowest BCUT2D eigenvalue weighted by atomic mass is 10.1. The molecule has 1 saturated carbocycles. The predicted octanol–water partition coefficient (Wildman–Crippen LogP) is 5.53. The van der Waals surface area contributed by atoms with Crippen molar-refractivity contribution in [2.75, 3.05) is 17.1 Å². The highest BCUT2D eigenvalue weighted by Gasteiger charge is 2.33. The molecule has 0 bridgehead atoms. The summed E-state index contributed by atoms with van der Waals surface area (Å²) in [5.74, 6) is -1.26. The minimum Gasteiger partial charge on any atom is -0.352 e. The van der Waals surface area contributed by atoms with Crippen LogP contribution in [0.5, 0.6) is 0 Å². The molecule has 0 saturated heterocycles. The Hall–Kier alpha value is -3.37. The van der Waals surface area contributed by atoms with Gasteiger partial charge in [-0.3, -0.25) is 13.9 Å². The summed E-state index contributed by atoms with van der Waals surface area (Å²) in [4.78, 5) is 29.6. The maximum absolute atomic E-state index is 14.0. The van der Waals surface area contributed by atoms with E-state index < -0.39 is 34.3 Å². The van der Waals surface area contributed by atoms with Gasteiger partial charge in [-0.15, -0.1) is 11.8 Å². The van der Waals surface area contributed by atoms with Crippen molar-refractivity contribution in [1.29, 1.82) is 0 Å². The highest BCUT2D eigenvalue weighted by atomic mass is 32.2. The van der Waals surface area contributed by atoms with Crippen LogP contribution in [0.15, 0.2) is 82.6 Å². The lowest BCUT2D eigenvalue weighted by Gasteiger charge is -2.32. The molecule has 7 nitrogen and oxygen atoms in total. The Kier molecular flexibility index (Phi) is 10.1. The van der Waals surface area contributed by atoms with Gasteiger partial charge >= 0.3 is 0 Å². The van der Waals surface area contributed by atoms with E-state index in [1.807, 2.05) is 13.2 Å². The topological polar surface area (TPSA) is 86.8 Å². The van der Waals surface area contributed by atoms with E-state index in [0.717, 1.165) is 40.4 Å². The standard InChI is InChI=1S/C31H36FN3O4S2/c1-22-8-14-27(15-9-22)35(41(38,39)29-18-16-28(40-3)17-19-29)21-30(36)34(20-24-10-12-25(32)13-11-24)23(2)31(37)33-26-6-4-5-7-26/h8-19,23,26H,4-7,20-21H2,1-3H3,(H,33,37)/t23-/m1/s1. The minimum atomic E-state index is -4.14. The number of hydrogen-bond donors (Lipinski definition) is 1. The van der Waals surface area contributed by atoms with Crippen LogP contribution in [-0.4, -0.2) is 50.0 Å². The van der Waals surface area contributed by atoms with Crippen LogP contribution in [0.25, 0.3) is 0 Å². The zero-order valence-corrected chi connectivity index (χ0v) is 25.2. The van der Waals surface area contributed by atoms with Crippen molar-refractivity contribution in [3.8, 4) is 0 Å². The van der Waals surface area contributed by atoms with E-state index in [-0.39, 0.29) is 23.4 Å². The molecule has 41 heavy (non-hydrogen) atoms. The first-order chi connectivity index (χ1) is 19.6. The minimum absolute atomic E-state index is 0.0164. The molecule has 1 atom stereocenters. The van der Waals surface area contributed by atoms with E-state index in [9.17, 15) is 22.4 Å². The molecule has 1 aliphatic rings. The number of halogens is 1. The zero-order chi connectivity index (χ0) is 29.6. The number of amides is 2. The van der Waals surface area contributed by atoms with Gasteiger partial charge in [0.25, 0.3) is 10.0 Å². The molecular formula is C31H36FN3O4S2. The van der Waals surface area contributed by atoms with E-state index in [2.05, 4.69) is 5.32 Å². The largest absolute Gasteiger partial charge is 0.352 e. The number of sulfonamides is 1. The number of rotatable bonds is 11. The van der Waals surface area contributed by atoms with Gasteiger partial charge in [-0.05, 0) is 87.0 Å². The summed E-state index contributed by atoms with van der Waals surface area (Å²) in [6, 6.07) is 18.3. The Balaban J connectivity index is 1.67. The first-order valence-electron chi connectivity index (χ1n) is 13.7. The van der Waals surface area contributed by atoms with E-state index in [0.29, 0.717) is 11.3 Å². The third kappa shape index (κ3) is 7.68. The summed E-state index contributed by atoms with van der Waals surface area (Å²) in [6.07, 6.45) is 5.76. The Labute approximate surface area is 246 Å². The molecule has 0 unspecified atom stereocenters. The van der Waals surface area contributed by atoms with Gasteiger partial charge in [-0.2, -0.15) is 0 Å². The number of thioether (sulfide) groups is 1. The molecule has 4 rings (SSSR count). The Morgan fingerprint density at radius 1 is 0.976 bits per heavy atom. The van der Waals surface area contributed by atoms with E-state index in [4.69, 9.17) is 0 Å². The van der Waals surface area contributed by atoms with Crippen LogP contribution in [-0.2, 0) is 26.2 Å². The SMILES string of the molecule is CSc1ccc(S(=O)(=O)N(CC(=O)N(Cc2ccc(F)cc2)[C@H](C)C(=O)NC2CCCC2)c2ccc(C)cc2)cc1. The normalized spacial score (nSPS) is 14.4. The fourth-order valence-electron chi connectivity index (χ4n) is 4.88. The van der Waals surface area contributed by atoms with Crippen molar-refractivity contribution < 1.29 is 22.4 Å². The lowest BCUT2D eigenvalue weighted by Crippen LogP contribution is -2.52. The van der Waals surface area contributed by atoms with Crippen molar-refractivity contribution in [2.45, 2.75) is 68.0 Å². The monoisotopic (exact) mass is 597 g/mol. The fourth-order valence-corrected chi connectivity index (χ4v) is 6.70. The molecule has 0 spiro atoms. The molecule has 2 amide bonds. The first-order valence-corrected chi connectivity index (χ1v) is 16.3. The van der Waals surface area contributed by atoms with Crippen LogP contribution in [0.3, 0.4) is 0 Å². The quantitative estimate of drug-likeness (QED) is 0.294. The van der Waals surface area contributed by atoms with Gasteiger partial charge in [-0.25, -0.2) is 12.8 Å². The Morgan fingerprint density at radius 3 is 2.17 bits per heavy atom. The summed E-state index contributed by atoms with van der Waals surface area (Å²) in [5, 5.41) is 3.04. The molecule has 0 aromatic heterocycles. The van der Waals surface area contributed by atoms with Gasteiger partial charge in [-0.1, -0.05) is 42.7 Å². The molecule has 0 aliphatic heterocycles. The van der Waals surface area contributed by atoms with Crippen molar-refractivity contribution in [2.24, 2.45) is 0 Å². The average Bonchev–Trinajstić information content (AvgIpc) is 3.48. The number of hydrogen-bond acceptors (Lipinski definition) is 5. The summed E-state index contributed by atoms with van der Waals surface area (Å²) in [5.41, 5.74) is 1.90. The van der Waals surface area contributed by atoms with Crippen molar-refractivity contribution >= 4 is 39.3 Å². The maximum Gasteiger partial charge on any atom is 0.264 e. The molecule has 0 heterocycles. The van der Waals surface area contributed by atoms with Gasteiger partial charge in [0.05, 0.1) is 10.6 Å². The number of anilines is 1. The summed E-state index contributed by atoms with van der Waals surface area (Å²) < 4.78 is 42.6. The Morgan fingerprint density at radius 2 is 1.59 bits per heavy atom. The number of benzene rings is 3. The highest BCUT2D eigenvalue weighted by molar-refractivity contribution is 7.98. The molecular weight excluding hydrogens is 561 g/mol. The number of carbonyl (C=O) groups is 2. The van der Waals surface area contributed by atoms with E-state index in [1.54, 1.807) is 55.5 Å². The second kappa shape index (κ2) is 13.5. The molecule has 3 aromatic rings. The van der Waals surface area contributed by atoms with Gasteiger partial charge in [0.2, 0.25) is 11.8 Å². The second-order valence-electron chi connectivity index (χ2n) is 10.3. The van der Waals surface area contributed by atoms with Crippen molar-refractivity contribution in [3.63, 3.8) is 0 Å². The Bertz CT molecular complexity index is 1440. The number of nitrogens with one attached hydrogen (secondary N) is 1.